The van der Waals surface area contributed by atoms with E-state index in [1.165, 1.54) is 19.2 Å². The molecule has 0 aliphatic heterocycles. The molecular weight excluding hydrogens is 380 g/mol. The van der Waals surface area contributed by atoms with Gasteiger partial charge in [0.2, 0.25) is 0 Å². The molecule has 0 amide bonds. The third-order valence-electron chi connectivity index (χ3n) is 3.90. The fourth-order valence-corrected chi connectivity index (χ4v) is 3.96. The van der Waals surface area contributed by atoms with Gasteiger partial charge >= 0.3 is 5.97 Å². The van der Waals surface area contributed by atoms with Gasteiger partial charge in [-0.3, -0.25) is 4.72 Å². The third-order valence-corrected chi connectivity index (χ3v) is 5.33. The topological polar surface area (TPSA) is 92.7 Å². The van der Waals surface area contributed by atoms with Crippen LogP contribution in [-0.4, -0.2) is 26.6 Å². The van der Waals surface area contributed by atoms with Gasteiger partial charge < -0.3 is 9.84 Å². The van der Waals surface area contributed by atoms with Gasteiger partial charge in [-0.05, 0) is 24.3 Å². The largest absolute Gasteiger partial charge is 0.496 e. The molecule has 0 radical (unpaired) electrons. The van der Waals surface area contributed by atoms with E-state index in [9.17, 15) is 22.0 Å². The molecule has 0 spiro atoms. The normalized spacial score (nSPS) is 11.4. The Balaban J connectivity index is 2.14. The average Bonchev–Trinajstić information content (AvgIpc) is 2.62. The number of carbonyl (C=O) groups is 1. The lowest BCUT2D eigenvalue weighted by atomic mass is 10.1. The lowest BCUT2D eigenvalue weighted by Crippen LogP contribution is -2.16. The minimum Gasteiger partial charge on any atom is -0.496 e. The highest BCUT2D eigenvalue weighted by Crippen LogP contribution is 2.32. The van der Waals surface area contributed by atoms with Gasteiger partial charge in [0, 0.05) is 10.8 Å². The van der Waals surface area contributed by atoms with Crippen molar-refractivity contribution < 1.29 is 31.8 Å². The van der Waals surface area contributed by atoms with Gasteiger partial charge in [-0.1, -0.05) is 24.3 Å². The molecule has 27 heavy (non-hydrogen) atoms. The van der Waals surface area contributed by atoms with Crippen molar-refractivity contribution in [2.45, 2.75) is 4.90 Å². The van der Waals surface area contributed by atoms with Crippen molar-refractivity contribution in [1.29, 1.82) is 0 Å². The highest BCUT2D eigenvalue weighted by molar-refractivity contribution is 7.93. The molecule has 0 aromatic heterocycles. The van der Waals surface area contributed by atoms with Crippen molar-refractivity contribution in [1.82, 2.24) is 0 Å². The first-order valence-electron chi connectivity index (χ1n) is 7.56. The molecule has 0 aliphatic carbocycles. The molecule has 0 saturated heterocycles. The van der Waals surface area contributed by atoms with Gasteiger partial charge in [-0.15, -0.1) is 0 Å². The van der Waals surface area contributed by atoms with Gasteiger partial charge in [-0.2, -0.15) is 0 Å². The minimum absolute atomic E-state index is 0.167. The number of carboxylic acids is 1. The van der Waals surface area contributed by atoms with Gasteiger partial charge in [0.1, 0.15) is 17.1 Å². The number of hydrogen-bond acceptors (Lipinski definition) is 4. The molecule has 0 aliphatic rings. The summed E-state index contributed by atoms with van der Waals surface area (Å²) in [7, 11) is -2.86. The van der Waals surface area contributed by atoms with E-state index in [4.69, 9.17) is 9.84 Å². The van der Waals surface area contributed by atoms with Crippen molar-refractivity contribution in [3.63, 3.8) is 0 Å². The summed E-state index contributed by atoms with van der Waals surface area (Å²) in [5.74, 6) is -4.21. The van der Waals surface area contributed by atoms with Gasteiger partial charge in [-0.25, -0.2) is 22.0 Å². The Hall–Kier alpha value is -3.20. The maximum absolute atomic E-state index is 14.3. The number of aromatic carboxylic acids is 1. The van der Waals surface area contributed by atoms with Gasteiger partial charge in [0.15, 0.2) is 5.82 Å². The molecule has 0 unspecified atom stereocenters. The predicted molar refractivity (Wildman–Crippen MR) is 94.6 cm³/mol. The number of ether oxygens (including phenoxy) is 1. The Kier molecular flexibility index (Phi) is 4.71. The molecule has 3 rings (SSSR count). The number of hydrogen-bond donors (Lipinski definition) is 2. The lowest BCUT2D eigenvalue weighted by molar-refractivity contribution is 0.0686. The van der Waals surface area contributed by atoms with E-state index >= 15 is 0 Å². The summed E-state index contributed by atoms with van der Waals surface area (Å²) in [6.45, 7) is 0. The Morgan fingerprint density at radius 1 is 1.04 bits per heavy atom. The van der Waals surface area contributed by atoms with Crippen LogP contribution in [0.25, 0.3) is 10.8 Å². The Morgan fingerprint density at radius 3 is 2.33 bits per heavy atom. The van der Waals surface area contributed by atoms with Gasteiger partial charge in [0.25, 0.3) is 10.0 Å². The lowest BCUT2D eigenvalue weighted by Gasteiger charge is -2.14. The SMILES string of the molecule is COc1ccc(S(=O)(=O)Nc2ccc(F)c(C(=O)O)c2F)c2ccccc12. The number of halogens is 2. The van der Waals surface area contributed by atoms with Crippen LogP contribution in [0.15, 0.2) is 53.4 Å². The maximum Gasteiger partial charge on any atom is 0.341 e. The van der Waals surface area contributed by atoms with Crippen molar-refractivity contribution in [3.8, 4) is 5.75 Å². The van der Waals surface area contributed by atoms with Crippen molar-refractivity contribution in [2.24, 2.45) is 0 Å². The third kappa shape index (κ3) is 3.28. The second kappa shape index (κ2) is 6.84. The molecule has 3 aromatic rings. The molecule has 0 bridgehead atoms. The van der Waals surface area contributed by atoms with Crippen molar-refractivity contribution in [3.05, 3.63) is 65.7 Å². The number of fused-ring (bicyclic) bond motifs is 1. The van der Waals surface area contributed by atoms with Crippen LogP contribution in [0.2, 0.25) is 0 Å². The second-order valence-electron chi connectivity index (χ2n) is 5.51. The quantitative estimate of drug-likeness (QED) is 0.691. The number of methoxy groups -OCH3 is 1. The molecule has 2 N–H and O–H groups in total. The smallest absolute Gasteiger partial charge is 0.341 e. The summed E-state index contributed by atoms with van der Waals surface area (Å²) in [5.41, 5.74) is -1.91. The van der Waals surface area contributed by atoms with Crippen LogP contribution in [0, 0.1) is 11.6 Å². The van der Waals surface area contributed by atoms with Crippen LogP contribution in [0.5, 0.6) is 5.75 Å². The van der Waals surface area contributed by atoms with Crippen LogP contribution in [0.4, 0.5) is 14.5 Å². The number of sulfonamides is 1. The van der Waals surface area contributed by atoms with E-state index in [0.29, 0.717) is 22.6 Å². The van der Waals surface area contributed by atoms with Crippen LogP contribution in [-0.2, 0) is 10.0 Å². The van der Waals surface area contributed by atoms with Crippen LogP contribution in [0.3, 0.4) is 0 Å². The zero-order valence-corrected chi connectivity index (χ0v) is 14.7. The number of carboxylic acid groups (broad SMARTS) is 1. The monoisotopic (exact) mass is 393 g/mol. The molecule has 0 saturated carbocycles. The zero-order chi connectivity index (χ0) is 19.8. The van der Waals surface area contributed by atoms with Crippen LogP contribution >= 0.6 is 0 Å². The van der Waals surface area contributed by atoms with E-state index in [1.807, 2.05) is 4.72 Å². The van der Waals surface area contributed by atoms with Gasteiger partial charge in [0.05, 0.1) is 17.7 Å². The number of rotatable bonds is 5. The molecule has 0 fully saturated rings. The second-order valence-corrected chi connectivity index (χ2v) is 7.16. The molecule has 0 atom stereocenters. The Morgan fingerprint density at radius 2 is 1.70 bits per heavy atom. The highest BCUT2D eigenvalue weighted by Gasteiger charge is 2.24. The Labute approximate surface area is 153 Å². The predicted octanol–water partition coefficient (Wildman–Crippen LogP) is 3.63. The first-order chi connectivity index (χ1) is 12.8. The molecule has 3 aromatic carbocycles. The van der Waals surface area contributed by atoms with E-state index in [0.717, 1.165) is 6.07 Å². The van der Waals surface area contributed by atoms with E-state index in [1.54, 1.807) is 24.3 Å². The van der Waals surface area contributed by atoms with Crippen molar-refractivity contribution in [2.75, 3.05) is 11.8 Å². The molecule has 9 heteroatoms. The standard InChI is InChI=1S/C18H13F2NO5S/c1-26-14-8-9-15(11-5-3-2-4-10(11)14)27(24,25)21-13-7-6-12(19)16(17(13)20)18(22)23/h2-9,21H,1H3,(H,22,23). The molecular formula is C18H13F2NO5S. The van der Waals surface area contributed by atoms with E-state index in [-0.39, 0.29) is 4.90 Å². The summed E-state index contributed by atoms with van der Waals surface area (Å²) < 4.78 is 60.5. The summed E-state index contributed by atoms with van der Waals surface area (Å²) in [5, 5.41) is 9.76. The molecule has 6 nitrogen and oxygen atoms in total. The summed E-state index contributed by atoms with van der Waals surface area (Å²) in [6, 6.07) is 10.8. The first-order valence-corrected chi connectivity index (χ1v) is 9.04. The summed E-state index contributed by atoms with van der Waals surface area (Å²) in [4.78, 5) is 10.8. The number of benzene rings is 3. The maximum atomic E-state index is 14.3. The fraction of sp³-hybridized carbons (Fsp3) is 0.0556. The van der Waals surface area contributed by atoms with Crippen molar-refractivity contribution >= 4 is 32.5 Å². The first kappa shape index (κ1) is 18.6. The van der Waals surface area contributed by atoms with Crippen LogP contribution in [0.1, 0.15) is 10.4 Å². The average molecular weight is 393 g/mol. The molecule has 0 heterocycles. The summed E-state index contributed by atoms with van der Waals surface area (Å²) >= 11 is 0. The Bertz CT molecular complexity index is 1160. The molecule has 140 valence electrons. The summed E-state index contributed by atoms with van der Waals surface area (Å²) in [6.07, 6.45) is 0. The van der Waals surface area contributed by atoms with E-state index < -0.39 is 38.9 Å². The minimum atomic E-state index is -4.30. The highest BCUT2D eigenvalue weighted by atomic mass is 32.2. The van der Waals surface area contributed by atoms with Crippen LogP contribution < -0.4 is 9.46 Å². The van der Waals surface area contributed by atoms with E-state index in [2.05, 4.69) is 0 Å². The zero-order valence-electron chi connectivity index (χ0n) is 13.9. The fourth-order valence-electron chi connectivity index (χ4n) is 2.68. The number of nitrogens with one attached hydrogen (secondary N) is 1. The number of anilines is 1.